The number of tetrazole rings is 1. The SMILES string of the molecule is COC(=O)c1nc(NC(=O)C2(n3cnnn3)CCCCC2)sc1Cc1ccccc1. The molecule has 0 saturated heterocycles. The van der Waals surface area contributed by atoms with Crippen molar-refractivity contribution in [3.05, 3.63) is 52.8 Å². The van der Waals surface area contributed by atoms with Crippen LogP contribution in [0.25, 0.3) is 0 Å². The minimum atomic E-state index is -0.849. The Labute approximate surface area is 177 Å². The third-order valence-corrected chi connectivity index (χ3v) is 6.37. The number of nitrogens with zero attached hydrogens (tertiary/aromatic N) is 5. The van der Waals surface area contributed by atoms with Crippen LogP contribution in [0.15, 0.2) is 36.7 Å². The summed E-state index contributed by atoms with van der Waals surface area (Å²) in [5.41, 5.74) is 0.418. The second-order valence-electron chi connectivity index (χ2n) is 7.25. The van der Waals surface area contributed by atoms with Gasteiger partial charge in [0.05, 0.1) is 7.11 Å². The van der Waals surface area contributed by atoms with Crippen molar-refractivity contribution in [3.8, 4) is 0 Å². The number of esters is 1. The highest BCUT2D eigenvalue weighted by atomic mass is 32.1. The number of carbonyl (C=O) groups is 2. The van der Waals surface area contributed by atoms with Crippen LogP contribution in [0.1, 0.15) is 53.0 Å². The first-order chi connectivity index (χ1) is 14.6. The number of hydrogen-bond acceptors (Lipinski definition) is 8. The van der Waals surface area contributed by atoms with Crippen LogP contribution >= 0.6 is 11.3 Å². The predicted molar refractivity (Wildman–Crippen MR) is 110 cm³/mol. The van der Waals surface area contributed by atoms with E-state index in [0.717, 1.165) is 29.7 Å². The normalized spacial score (nSPS) is 15.5. The van der Waals surface area contributed by atoms with Gasteiger partial charge in [-0.15, -0.1) is 16.4 Å². The van der Waals surface area contributed by atoms with Crippen LogP contribution in [-0.2, 0) is 21.5 Å². The Morgan fingerprint density at radius 3 is 2.63 bits per heavy atom. The van der Waals surface area contributed by atoms with Crippen LogP contribution in [0.4, 0.5) is 5.13 Å². The summed E-state index contributed by atoms with van der Waals surface area (Å²) >= 11 is 1.28. The molecule has 0 aliphatic heterocycles. The van der Waals surface area contributed by atoms with E-state index in [-0.39, 0.29) is 11.6 Å². The lowest BCUT2D eigenvalue weighted by molar-refractivity contribution is -0.126. The quantitative estimate of drug-likeness (QED) is 0.603. The average molecular weight is 427 g/mol. The van der Waals surface area contributed by atoms with Crippen LogP contribution in [0.3, 0.4) is 0 Å². The van der Waals surface area contributed by atoms with E-state index in [4.69, 9.17) is 4.74 Å². The summed E-state index contributed by atoms with van der Waals surface area (Å²) in [5, 5.41) is 14.7. The van der Waals surface area contributed by atoms with Gasteiger partial charge in [-0.25, -0.2) is 14.5 Å². The maximum absolute atomic E-state index is 13.3. The van der Waals surface area contributed by atoms with Crippen molar-refractivity contribution in [2.75, 3.05) is 12.4 Å². The number of aromatic nitrogens is 5. The first-order valence-electron chi connectivity index (χ1n) is 9.79. The van der Waals surface area contributed by atoms with Gasteiger partial charge in [-0.05, 0) is 28.8 Å². The third kappa shape index (κ3) is 3.95. The predicted octanol–water partition coefficient (Wildman–Crippen LogP) is 2.81. The molecule has 30 heavy (non-hydrogen) atoms. The van der Waals surface area contributed by atoms with Crippen LogP contribution < -0.4 is 5.32 Å². The summed E-state index contributed by atoms with van der Waals surface area (Å²) in [6.07, 6.45) is 6.20. The second kappa shape index (κ2) is 8.70. The van der Waals surface area contributed by atoms with Crippen molar-refractivity contribution in [2.45, 2.75) is 44.1 Å². The van der Waals surface area contributed by atoms with Gasteiger partial charge < -0.3 is 4.74 Å². The minimum Gasteiger partial charge on any atom is -0.464 e. The molecule has 10 heteroatoms. The van der Waals surface area contributed by atoms with E-state index in [1.807, 2.05) is 30.3 Å². The maximum Gasteiger partial charge on any atom is 0.357 e. The maximum atomic E-state index is 13.3. The molecule has 1 amide bonds. The number of benzene rings is 1. The summed E-state index contributed by atoms with van der Waals surface area (Å²) in [6.45, 7) is 0. The lowest BCUT2D eigenvalue weighted by Gasteiger charge is -2.34. The Morgan fingerprint density at radius 2 is 1.97 bits per heavy atom. The summed E-state index contributed by atoms with van der Waals surface area (Å²) in [7, 11) is 1.32. The van der Waals surface area contributed by atoms with Crippen LogP contribution in [0.5, 0.6) is 0 Å². The minimum absolute atomic E-state index is 0.217. The molecule has 4 rings (SSSR count). The zero-order chi connectivity index (χ0) is 21.0. The van der Waals surface area contributed by atoms with E-state index in [9.17, 15) is 9.59 Å². The van der Waals surface area contributed by atoms with Gasteiger partial charge in [-0.2, -0.15) is 0 Å². The van der Waals surface area contributed by atoms with Crippen LogP contribution in [0.2, 0.25) is 0 Å². The number of thiazole rings is 1. The molecule has 0 atom stereocenters. The van der Waals surface area contributed by atoms with Gasteiger partial charge in [0.2, 0.25) is 0 Å². The second-order valence-corrected chi connectivity index (χ2v) is 8.33. The highest BCUT2D eigenvalue weighted by Gasteiger charge is 2.43. The van der Waals surface area contributed by atoms with Crippen molar-refractivity contribution >= 4 is 28.3 Å². The molecule has 2 heterocycles. The van der Waals surface area contributed by atoms with Gasteiger partial charge in [-0.1, -0.05) is 49.6 Å². The van der Waals surface area contributed by atoms with E-state index in [2.05, 4.69) is 25.8 Å². The highest BCUT2D eigenvalue weighted by molar-refractivity contribution is 7.16. The molecule has 1 aromatic carbocycles. The number of methoxy groups -OCH3 is 1. The smallest absolute Gasteiger partial charge is 0.357 e. The Morgan fingerprint density at radius 1 is 1.20 bits per heavy atom. The van der Waals surface area contributed by atoms with Gasteiger partial charge in [0, 0.05) is 11.3 Å². The van der Waals surface area contributed by atoms with Crippen molar-refractivity contribution in [3.63, 3.8) is 0 Å². The zero-order valence-electron chi connectivity index (χ0n) is 16.6. The lowest BCUT2D eigenvalue weighted by Crippen LogP contribution is -2.47. The monoisotopic (exact) mass is 426 g/mol. The van der Waals surface area contributed by atoms with E-state index in [0.29, 0.717) is 24.4 Å². The van der Waals surface area contributed by atoms with Gasteiger partial charge in [0.1, 0.15) is 11.9 Å². The average Bonchev–Trinajstić information content (AvgIpc) is 3.45. The van der Waals surface area contributed by atoms with E-state index >= 15 is 0 Å². The number of carbonyl (C=O) groups excluding carboxylic acids is 2. The topological polar surface area (TPSA) is 112 Å². The summed E-state index contributed by atoms with van der Waals surface area (Å²) in [6, 6.07) is 9.78. The first-order valence-corrected chi connectivity index (χ1v) is 10.6. The zero-order valence-corrected chi connectivity index (χ0v) is 17.4. The van der Waals surface area contributed by atoms with E-state index < -0.39 is 11.5 Å². The molecular formula is C20H22N6O3S. The van der Waals surface area contributed by atoms with Crippen LogP contribution in [0, 0.1) is 0 Å². The Balaban J connectivity index is 1.62. The molecule has 3 aromatic rings. The molecule has 0 radical (unpaired) electrons. The molecule has 1 saturated carbocycles. The summed E-state index contributed by atoms with van der Waals surface area (Å²) < 4.78 is 6.43. The number of hydrogen-bond donors (Lipinski definition) is 1. The first kappa shape index (κ1) is 20.1. The molecule has 0 unspecified atom stereocenters. The molecule has 156 valence electrons. The van der Waals surface area contributed by atoms with Crippen molar-refractivity contribution in [2.24, 2.45) is 0 Å². The molecule has 1 aliphatic carbocycles. The van der Waals surface area contributed by atoms with Gasteiger partial charge >= 0.3 is 5.97 Å². The molecule has 0 spiro atoms. The molecule has 1 fully saturated rings. The molecule has 1 N–H and O–H groups in total. The standard InChI is InChI=1S/C20H22N6O3S/c1-29-17(27)16-15(12-14-8-4-2-5-9-14)30-19(22-16)23-18(28)20(10-6-3-7-11-20)26-13-21-24-25-26/h2,4-5,8-9,13H,3,6-7,10-12H2,1H3,(H,22,23,28). The van der Waals surface area contributed by atoms with E-state index in [1.54, 1.807) is 4.68 Å². The highest BCUT2D eigenvalue weighted by Crippen LogP contribution is 2.36. The fourth-order valence-electron chi connectivity index (χ4n) is 3.83. The number of ether oxygens (including phenoxy) is 1. The van der Waals surface area contributed by atoms with Gasteiger partial charge in [-0.3, -0.25) is 10.1 Å². The van der Waals surface area contributed by atoms with Gasteiger partial charge in [0.15, 0.2) is 10.8 Å². The number of amides is 1. The molecule has 1 aliphatic rings. The van der Waals surface area contributed by atoms with Gasteiger partial charge in [0.25, 0.3) is 5.91 Å². The Hall–Kier alpha value is -3.14. The van der Waals surface area contributed by atoms with Crippen molar-refractivity contribution < 1.29 is 14.3 Å². The third-order valence-electron chi connectivity index (χ3n) is 5.39. The number of nitrogens with one attached hydrogen (secondary N) is 1. The fourth-order valence-corrected chi connectivity index (χ4v) is 4.81. The summed E-state index contributed by atoms with van der Waals surface area (Å²) in [4.78, 5) is 30.7. The largest absolute Gasteiger partial charge is 0.464 e. The molecule has 2 aromatic heterocycles. The molecular weight excluding hydrogens is 404 g/mol. The number of rotatable bonds is 6. The van der Waals surface area contributed by atoms with E-state index in [1.165, 1.54) is 24.8 Å². The summed E-state index contributed by atoms with van der Waals surface area (Å²) in [5.74, 6) is -0.739. The lowest BCUT2D eigenvalue weighted by atomic mass is 9.81. The van der Waals surface area contributed by atoms with Crippen molar-refractivity contribution in [1.29, 1.82) is 0 Å². The van der Waals surface area contributed by atoms with Crippen LogP contribution in [-0.4, -0.2) is 44.2 Å². The molecule has 9 nitrogen and oxygen atoms in total. The molecule has 0 bridgehead atoms. The van der Waals surface area contributed by atoms with Crippen molar-refractivity contribution in [1.82, 2.24) is 25.2 Å². The Bertz CT molecular complexity index is 1010. The Kier molecular flexibility index (Phi) is 5.84. The fraction of sp³-hybridized carbons (Fsp3) is 0.400. The number of anilines is 1.